The molecule has 2 aromatic rings. The maximum Gasteiger partial charge on any atom is 0.311 e. The normalized spacial score (nSPS) is 15.6. The molecule has 0 spiro atoms. The lowest BCUT2D eigenvalue weighted by molar-refractivity contribution is -0.147. The maximum atomic E-state index is 12.5. The first-order valence-corrected chi connectivity index (χ1v) is 9.33. The van der Waals surface area contributed by atoms with Crippen LogP contribution in [0.25, 0.3) is 0 Å². The Bertz CT molecular complexity index is 956. The van der Waals surface area contributed by atoms with Gasteiger partial charge in [-0.1, -0.05) is 12.1 Å². The Morgan fingerprint density at radius 2 is 1.73 bits per heavy atom. The van der Waals surface area contributed by atoms with E-state index >= 15 is 0 Å². The van der Waals surface area contributed by atoms with Gasteiger partial charge in [-0.15, -0.1) is 0 Å². The molecule has 0 N–H and O–H groups in total. The molecule has 30 heavy (non-hydrogen) atoms. The monoisotopic (exact) mass is 413 g/mol. The molecule has 0 unspecified atom stereocenters. The van der Waals surface area contributed by atoms with Crippen LogP contribution in [0.15, 0.2) is 42.5 Å². The third-order valence-corrected chi connectivity index (χ3v) is 4.89. The van der Waals surface area contributed by atoms with E-state index in [0.29, 0.717) is 22.9 Å². The van der Waals surface area contributed by atoms with E-state index in [0.717, 1.165) is 0 Å². The van der Waals surface area contributed by atoms with Crippen molar-refractivity contribution in [1.29, 1.82) is 0 Å². The number of para-hydroxylation sites is 2. The molecule has 0 aromatic heterocycles. The Labute approximate surface area is 174 Å². The molecule has 1 heterocycles. The van der Waals surface area contributed by atoms with Crippen LogP contribution in [0.1, 0.15) is 16.8 Å². The summed E-state index contributed by atoms with van der Waals surface area (Å²) < 4.78 is 20.8. The standard InChI is InChI=1S/C22H23NO7/c1-27-15-8-9-19(28-2)16(11-15)18(24)13-30-22(26)14-10-21(25)23(12-14)17-6-4-5-7-20(17)29-3/h4-9,11,14H,10,12-13H2,1-3H3/t14-/m1/s1. The summed E-state index contributed by atoms with van der Waals surface area (Å²) in [6.45, 7) is -0.295. The first kappa shape index (κ1) is 21.2. The van der Waals surface area contributed by atoms with Crippen LogP contribution in [0.2, 0.25) is 0 Å². The molecule has 1 fully saturated rings. The van der Waals surface area contributed by atoms with Crippen LogP contribution in [0.4, 0.5) is 5.69 Å². The minimum atomic E-state index is -0.664. The topological polar surface area (TPSA) is 91.4 Å². The summed E-state index contributed by atoms with van der Waals surface area (Å²) in [6.07, 6.45) is 0.00749. The van der Waals surface area contributed by atoms with Crippen molar-refractivity contribution >= 4 is 23.3 Å². The number of anilines is 1. The zero-order valence-electron chi connectivity index (χ0n) is 17.0. The van der Waals surface area contributed by atoms with Gasteiger partial charge in [0.15, 0.2) is 6.61 Å². The average molecular weight is 413 g/mol. The molecule has 3 rings (SSSR count). The highest BCUT2D eigenvalue weighted by molar-refractivity contribution is 6.02. The van der Waals surface area contributed by atoms with Gasteiger partial charge in [0, 0.05) is 13.0 Å². The lowest BCUT2D eigenvalue weighted by Crippen LogP contribution is -2.27. The number of hydrogen-bond acceptors (Lipinski definition) is 7. The van der Waals surface area contributed by atoms with E-state index in [1.54, 1.807) is 36.4 Å². The summed E-state index contributed by atoms with van der Waals surface area (Å²) in [5.41, 5.74) is 0.847. The molecule has 158 valence electrons. The quantitative estimate of drug-likeness (QED) is 0.485. The molecule has 1 aliphatic rings. The van der Waals surface area contributed by atoms with E-state index in [1.807, 2.05) is 0 Å². The lowest BCUT2D eigenvalue weighted by Gasteiger charge is -2.19. The van der Waals surface area contributed by atoms with Crippen LogP contribution in [0.3, 0.4) is 0 Å². The van der Waals surface area contributed by atoms with Gasteiger partial charge in [-0.05, 0) is 30.3 Å². The molecular formula is C22H23NO7. The Balaban J connectivity index is 1.65. The second-order valence-electron chi connectivity index (χ2n) is 6.67. The van der Waals surface area contributed by atoms with Gasteiger partial charge in [0.1, 0.15) is 17.2 Å². The predicted molar refractivity (Wildman–Crippen MR) is 108 cm³/mol. The third-order valence-electron chi connectivity index (χ3n) is 4.89. The summed E-state index contributed by atoms with van der Waals surface area (Å²) in [7, 11) is 4.45. The van der Waals surface area contributed by atoms with E-state index in [2.05, 4.69) is 0 Å². The molecule has 1 saturated heterocycles. The van der Waals surface area contributed by atoms with Gasteiger partial charge < -0.3 is 23.8 Å². The molecule has 1 atom stereocenters. The van der Waals surface area contributed by atoms with Crippen LogP contribution in [-0.4, -0.2) is 52.1 Å². The summed E-state index contributed by atoms with van der Waals surface area (Å²) in [4.78, 5) is 39.0. The number of esters is 1. The zero-order chi connectivity index (χ0) is 21.7. The Morgan fingerprint density at radius 3 is 2.43 bits per heavy atom. The highest BCUT2D eigenvalue weighted by Gasteiger charge is 2.37. The van der Waals surface area contributed by atoms with Crippen molar-refractivity contribution in [2.75, 3.05) is 39.4 Å². The predicted octanol–water partition coefficient (Wildman–Crippen LogP) is 2.49. The number of ether oxygens (including phenoxy) is 4. The minimum absolute atomic E-state index is 0.00749. The number of rotatable bonds is 8. The number of carbonyl (C=O) groups is 3. The molecule has 0 aliphatic carbocycles. The Kier molecular flexibility index (Phi) is 6.56. The second kappa shape index (κ2) is 9.30. The highest BCUT2D eigenvalue weighted by Crippen LogP contribution is 2.33. The van der Waals surface area contributed by atoms with Crippen molar-refractivity contribution in [2.24, 2.45) is 5.92 Å². The van der Waals surface area contributed by atoms with Crippen LogP contribution >= 0.6 is 0 Å². The summed E-state index contributed by atoms with van der Waals surface area (Å²) >= 11 is 0. The van der Waals surface area contributed by atoms with Crippen LogP contribution in [0, 0.1) is 5.92 Å². The van der Waals surface area contributed by atoms with E-state index in [1.165, 1.54) is 32.3 Å². The summed E-state index contributed by atoms with van der Waals surface area (Å²) in [6, 6.07) is 11.9. The fraction of sp³-hybridized carbons (Fsp3) is 0.318. The van der Waals surface area contributed by atoms with Gasteiger partial charge in [0.25, 0.3) is 0 Å². The number of carbonyl (C=O) groups excluding carboxylic acids is 3. The number of ketones is 1. The number of methoxy groups -OCH3 is 3. The zero-order valence-corrected chi connectivity index (χ0v) is 17.0. The molecule has 2 aromatic carbocycles. The van der Waals surface area contributed by atoms with Crippen molar-refractivity contribution in [3.8, 4) is 17.2 Å². The minimum Gasteiger partial charge on any atom is -0.497 e. The molecule has 1 amide bonds. The Hall–Kier alpha value is -3.55. The van der Waals surface area contributed by atoms with Crippen molar-refractivity contribution in [3.05, 3.63) is 48.0 Å². The van der Waals surface area contributed by atoms with Crippen LogP contribution < -0.4 is 19.1 Å². The highest BCUT2D eigenvalue weighted by atomic mass is 16.5. The lowest BCUT2D eigenvalue weighted by atomic mass is 10.1. The van der Waals surface area contributed by atoms with E-state index in [4.69, 9.17) is 18.9 Å². The summed E-state index contributed by atoms with van der Waals surface area (Å²) in [5, 5.41) is 0. The van der Waals surface area contributed by atoms with E-state index in [-0.39, 0.29) is 24.4 Å². The summed E-state index contributed by atoms with van der Waals surface area (Å²) in [5.74, 6) is -0.514. The number of nitrogens with zero attached hydrogens (tertiary/aromatic N) is 1. The van der Waals surface area contributed by atoms with Gasteiger partial charge in [0.05, 0.1) is 38.5 Å². The molecule has 0 bridgehead atoms. The van der Waals surface area contributed by atoms with Crippen molar-refractivity contribution in [2.45, 2.75) is 6.42 Å². The smallest absolute Gasteiger partial charge is 0.311 e. The van der Waals surface area contributed by atoms with Crippen LogP contribution in [-0.2, 0) is 14.3 Å². The molecular weight excluding hydrogens is 390 g/mol. The average Bonchev–Trinajstić information content (AvgIpc) is 3.18. The van der Waals surface area contributed by atoms with Gasteiger partial charge in [0.2, 0.25) is 11.7 Å². The van der Waals surface area contributed by atoms with Gasteiger partial charge in [-0.2, -0.15) is 0 Å². The van der Waals surface area contributed by atoms with Gasteiger partial charge >= 0.3 is 5.97 Å². The number of Topliss-reactive ketones (excluding diaryl/α,β-unsaturated/α-hetero) is 1. The fourth-order valence-electron chi connectivity index (χ4n) is 3.32. The number of amides is 1. The number of benzene rings is 2. The van der Waals surface area contributed by atoms with Gasteiger partial charge in [-0.3, -0.25) is 14.4 Å². The largest absolute Gasteiger partial charge is 0.497 e. The first-order valence-electron chi connectivity index (χ1n) is 9.33. The molecule has 1 aliphatic heterocycles. The van der Waals surface area contributed by atoms with Crippen molar-refractivity contribution < 1.29 is 33.3 Å². The van der Waals surface area contributed by atoms with Crippen molar-refractivity contribution in [3.63, 3.8) is 0 Å². The molecule has 8 nitrogen and oxygen atoms in total. The SMILES string of the molecule is COc1ccc(OC)c(C(=O)COC(=O)[C@@H]2CC(=O)N(c3ccccc3OC)C2)c1. The van der Waals surface area contributed by atoms with E-state index < -0.39 is 24.3 Å². The molecule has 0 radical (unpaired) electrons. The van der Waals surface area contributed by atoms with Crippen molar-refractivity contribution in [1.82, 2.24) is 0 Å². The van der Waals surface area contributed by atoms with Gasteiger partial charge in [-0.25, -0.2) is 0 Å². The van der Waals surface area contributed by atoms with E-state index in [9.17, 15) is 14.4 Å². The fourth-order valence-corrected chi connectivity index (χ4v) is 3.32. The maximum absolute atomic E-state index is 12.5. The Morgan fingerprint density at radius 1 is 1.00 bits per heavy atom. The van der Waals surface area contributed by atoms with Crippen LogP contribution in [0.5, 0.6) is 17.2 Å². The second-order valence-corrected chi connectivity index (χ2v) is 6.67. The molecule has 8 heteroatoms. The first-order chi connectivity index (χ1) is 14.5. The third kappa shape index (κ3) is 4.37. The molecule has 0 saturated carbocycles. The number of hydrogen-bond donors (Lipinski definition) is 0.